The second-order valence-electron chi connectivity index (χ2n) is 4.62. The molecule has 2 amide bonds. The Balaban J connectivity index is 2.21. The lowest BCUT2D eigenvalue weighted by Gasteiger charge is -2.17. The smallest absolute Gasteiger partial charge is 0.266 e. The van der Waals surface area contributed by atoms with Gasteiger partial charge in [0.15, 0.2) is 5.82 Å². The maximum absolute atomic E-state index is 14.3. The van der Waals surface area contributed by atoms with E-state index in [1.807, 2.05) is 0 Å². The van der Waals surface area contributed by atoms with Crippen molar-refractivity contribution in [2.75, 3.05) is 4.90 Å². The molecule has 0 bridgehead atoms. The molecule has 1 heterocycles. The molecule has 0 spiro atoms. The van der Waals surface area contributed by atoms with Crippen LogP contribution in [0.25, 0.3) is 0 Å². The second-order valence-corrected chi connectivity index (χ2v) is 5.48. The van der Waals surface area contributed by atoms with Gasteiger partial charge in [-0.1, -0.05) is 12.1 Å². The lowest BCUT2D eigenvalue weighted by Crippen LogP contribution is -2.30. The summed E-state index contributed by atoms with van der Waals surface area (Å²) in [5, 5.41) is 0. The van der Waals surface area contributed by atoms with Crippen LogP contribution in [-0.2, 0) is 0 Å². The number of fused-ring (bicyclic) bond motifs is 1. The number of hydrogen-bond donors (Lipinski definition) is 0. The molecule has 2 aromatic rings. The topological polar surface area (TPSA) is 37.4 Å². The molecule has 0 unspecified atom stereocenters. The Morgan fingerprint density at radius 2 is 1.52 bits per heavy atom. The van der Waals surface area contributed by atoms with Crippen LogP contribution in [0.3, 0.4) is 0 Å². The van der Waals surface area contributed by atoms with Crippen LogP contribution >= 0.6 is 15.9 Å². The van der Waals surface area contributed by atoms with Crippen molar-refractivity contribution in [1.29, 1.82) is 0 Å². The van der Waals surface area contributed by atoms with Crippen molar-refractivity contribution in [2.45, 2.75) is 6.92 Å². The summed E-state index contributed by atoms with van der Waals surface area (Å²) in [6.07, 6.45) is 0. The Morgan fingerprint density at radius 1 is 1.00 bits per heavy atom. The van der Waals surface area contributed by atoms with E-state index in [4.69, 9.17) is 0 Å². The molecule has 1 aliphatic heterocycles. The lowest BCUT2D eigenvalue weighted by molar-refractivity contribution is 0.0924. The molecule has 3 nitrogen and oxygen atoms in total. The van der Waals surface area contributed by atoms with Crippen LogP contribution in [0.1, 0.15) is 26.3 Å². The van der Waals surface area contributed by atoms with Crippen LogP contribution in [0.5, 0.6) is 0 Å². The number of carbonyl (C=O) groups is 2. The summed E-state index contributed by atoms with van der Waals surface area (Å²) in [6, 6.07) is 7.34. The molecular formula is C15H8BrF2NO2. The highest BCUT2D eigenvalue weighted by atomic mass is 79.9. The average Bonchev–Trinajstić information content (AvgIpc) is 2.73. The van der Waals surface area contributed by atoms with Crippen LogP contribution in [0.15, 0.2) is 34.8 Å². The molecule has 1 aliphatic rings. The number of amides is 2. The van der Waals surface area contributed by atoms with Gasteiger partial charge >= 0.3 is 0 Å². The largest absolute Gasteiger partial charge is 0.268 e. The van der Waals surface area contributed by atoms with E-state index in [2.05, 4.69) is 15.9 Å². The first kappa shape index (κ1) is 13.9. The number of imide groups is 1. The number of anilines is 1. The van der Waals surface area contributed by atoms with E-state index < -0.39 is 23.4 Å². The third-order valence-corrected chi connectivity index (χ3v) is 3.97. The van der Waals surface area contributed by atoms with E-state index in [0.29, 0.717) is 0 Å². The van der Waals surface area contributed by atoms with Crippen molar-refractivity contribution in [3.05, 3.63) is 63.1 Å². The van der Waals surface area contributed by atoms with Crippen molar-refractivity contribution < 1.29 is 18.4 Å². The van der Waals surface area contributed by atoms with Gasteiger partial charge in [-0.3, -0.25) is 9.59 Å². The highest BCUT2D eigenvalue weighted by molar-refractivity contribution is 9.10. The minimum atomic E-state index is -0.926. The molecule has 0 atom stereocenters. The van der Waals surface area contributed by atoms with Crippen molar-refractivity contribution in [2.24, 2.45) is 0 Å². The quantitative estimate of drug-likeness (QED) is 0.578. The summed E-state index contributed by atoms with van der Waals surface area (Å²) in [5.41, 5.74) is -0.0945. The van der Waals surface area contributed by atoms with Gasteiger partial charge in [0.05, 0.1) is 21.3 Å². The summed E-state index contributed by atoms with van der Waals surface area (Å²) in [7, 11) is 0. The second kappa shape index (κ2) is 4.73. The third-order valence-electron chi connectivity index (χ3n) is 3.39. The van der Waals surface area contributed by atoms with Crippen LogP contribution in [0, 0.1) is 18.6 Å². The molecule has 21 heavy (non-hydrogen) atoms. The predicted molar refractivity (Wildman–Crippen MR) is 76.4 cm³/mol. The Morgan fingerprint density at radius 3 is 2.05 bits per heavy atom. The number of rotatable bonds is 1. The van der Waals surface area contributed by atoms with Gasteiger partial charge in [0, 0.05) is 5.56 Å². The normalized spacial score (nSPS) is 13.8. The monoisotopic (exact) mass is 351 g/mol. The number of nitrogens with zero attached hydrogens (tertiary/aromatic N) is 1. The molecule has 0 saturated heterocycles. The molecule has 3 rings (SSSR count). The molecule has 0 N–H and O–H groups in total. The molecule has 6 heteroatoms. The van der Waals surface area contributed by atoms with Crippen LogP contribution in [0.2, 0.25) is 0 Å². The maximum Gasteiger partial charge on any atom is 0.266 e. The first-order valence-electron chi connectivity index (χ1n) is 6.05. The van der Waals surface area contributed by atoms with Gasteiger partial charge in [-0.15, -0.1) is 0 Å². The molecule has 0 saturated carbocycles. The molecule has 106 valence electrons. The highest BCUT2D eigenvalue weighted by Crippen LogP contribution is 2.35. The van der Waals surface area contributed by atoms with Crippen LogP contribution in [0.4, 0.5) is 14.5 Å². The highest BCUT2D eigenvalue weighted by Gasteiger charge is 2.38. The Bertz CT molecular complexity index is 770. The van der Waals surface area contributed by atoms with E-state index in [1.165, 1.54) is 19.1 Å². The summed E-state index contributed by atoms with van der Waals surface area (Å²) < 4.78 is 27.9. The van der Waals surface area contributed by atoms with Crippen molar-refractivity contribution in [1.82, 2.24) is 0 Å². The fourth-order valence-electron chi connectivity index (χ4n) is 2.29. The number of benzene rings is 2. The Kier molecular flexibility index (Phi) is 3.13. The van der Waals surface area contributed by atoms with E-state index in [1.54, 1.807) is 12.1 Å². The van der Waals surface area contributed by atoms with E-state index in [0.717, 1.165) is 11.0 Å². The van der Waals surface area contributed by atoms with E-state index >= 15 is 0 Å². The van der Waals surface area contributed by atoms with Crippen molar-refractivity contribution in [3.8, 4) is 0 Å². The minimum Gasteiger partial charge on any atom is -0.268 e. The first-order valence-corrected chi connectivity index (χ1v) is 6.84. The summed E-state index contributed by atoms with van der Waals surface area (Å²) in [5.74, 6) is -2.92. The lowest BCUT2D eigenvalue weighted by atomic mass is 10.1. The summed E-state index contributed by atoms with van der Waals surface area (Å²) in [6.45, 7) is 1.25. The SMILES string of the molecule is Cc1c(F)c(Br)cc(N2C(=O)c3ccccc3C2=O)c1F. The van der Waals surface area contributed by atoms with Gasteiger partial charge < -0.3 is 0 Å². The Hall–Kier alpha value is -2.08. The fraction of sp³-hybridized carbons (Fsp3) is 0.0667. The third kappa shape index (κ3) is 1.90. The molecule has 0 fully saturated rings. The fourth-order valence-corrected chi connectivity index (χ4v) is 2.80. The predicted octanol–water partition coefficient (Wildman–Crippen LogP) is 3.84. The molecule has 0 aliphatic carbocycles. The van der Waals surface area contributed by atoms with Crippen molar-refractivity contribution in [3.63, 3.8) is 0 Å². The molecule has 0 aromatic heterocycles. The molecule has 0 radical (unpaired) electrons. The van der Waals surface area contributed by atoms with Crippen LogP contribution in [-0.4, -0.2) is 11.8 Å². The van der Waals surface area contributed by atoms with Gasteiger partial charge in [-0.25, -0.2) is 13.7 Å². The summed E-state index contributed by atoms with van der Waals surface area (Å²) >= 11 is 2.96. The standard InChI is InChI=1S/C15H8BrF2NO2/c1-7-12(17)10(16)6-11(13(7)18)19-14(20)8-4-2-3-5-9(8)15(19)21/h2-6H,1H3. The van der Waals surface area contributed by atoms with Gasteiger partial charge in [0.1, 0.15) is 5.82 Å². The number of carbonyl (C=O) groups excluding carboxylic acids is 2. The number of hydrogen-bond acceptors (Lipinski definition) is 2. The zero-order valence-corrected chi connectivity index (χ0v) is 12.4. The van der Waals surface area contributed by atoms with Gasteiger partial charge in [0.2, 0.25) is 0 Å². The number of halogens is 3. The minimum absolute atomic E-state index is 0.00652. The zero-order chi connectivity index (χ0) is 15.3. The van der Waals surface area contributed by atoms with Gasteiger partial charge in [-0.05, 0) is 41.1 Å². The molecule has 2 aromatic carbocycles. The Labute approximate surface area is 127 Å². The van der Waals surface area contributed by atoms with Crippen molar-refractivity contribution >= 4 is 33.4 Å². The van der Waals surface area contributed by atoms with E-state index in [-0.39, 0.29) is 26.9 Å². The summed E-state index contributed by atoms with van der Waals surface area (Å²) in [4.78, 5) is 25.3. The van der Waals surface area contributed by atoms with Gasteiger partial charge in [-0.2, -0.15) is 0 Å². The molecular weight excluding hydrogens is 344 g/mol. The van der Waals surface area contributed by atoms with E-state index in [9.17, 15) is 18.4 Å². The zero-order valence-electron chi connectivity index (χ0n) is 10.8. The van der Waals surface area contributed by atoms with Crippen LogP contribution < -0.4 is 4.90 Å². The average molecular weight is 352 g/mol. The maximum atomic E-state index is 14.3. The first-order chi connectivity index (χ1) is 9.93. The van der Waals surface area contributed by atoms with Gasteiger partial charge in [0.25, 0.3) is 11.8 Å².